The van der Waals surface area contributed by atoms with Gasteiger partial charge < -0.3 is 10.6 Å². The molecule has 0 fully saturated rings. The molecule has 0 radical (unpaired) electrons. The molecule has 0 bridgehead atoms. The number of carbonyl (C=O) groups excluding carboxylic acids is 3. The van der Waals surface area contributed by atoms with Gasteiger partial charge in [-0.15, -0.1) is 0 Å². The van der Waals surface area contributed by atoms with Crippen LogP contribution in [-0.4, -0.2) is 22.6 Å². The molecule has 1 aliphatic rings. The molecule has 1 aliphatic heterocycles. The lowest BCUT2D eigenvalue weighted by molar-refractivity contribution is -0.138. The van der Waals surface area contributed by atoms with Gasteiger partial charge in [-0.2, -0.15) is 0 Å². The van der Waals surface area contributed by atoms with E-state index in [4.69, 9.17) is 11.6 Å². The van der Waals surface area contributed by atoms with E-state index >= 15 is 0 Å². The van der Waals surface area contributed by atoms with Crippen LogP contribution in [0.5, 0.6) is 0 Å². The first-order valence-electron chi connectivity index (χ1n) is 10.4. The lowest BCUT2D eigenvalue weighted by atomic mass is 10.1. The SMILES string of the molecule is Cc1cccc(NC(=O)c2ccc(C)c(NC3=C(Cl)C(=O)N(Cc4ccccc4)C3=O)c2)c1. The number of nitrogens with zero attached hydrogens (tertiary/aromatic N) is 1. The Labute approximate surface area is 196 Å². The number of carbonyl (C=O) groups is 3. The van der Waals surface area contributed by atoms with E-state index in [-0.39, 0.29) is 23.2 Å². The first kappa shape index (κ1) is 22.3. The van der Waals surface area contributed by atoms with Crippen LogP contribution in [0.15, 0.2) is 83.5 Å². The number of anilines is 2. The van der Waals surface area contributed by atoms with Gasteiger partial charge >= 0.3 is 0 Å². The van der Waals surface area contributed by atoms with Gasteiger partial charge in [0, 0.05) is 16.9 Å². The van der Waals surface area contributed by atoms with Crippen molar-refractivity contribution in [3.05, 3.63) is 106 Å². The predicted octanol–water partition coefficient (Wildman–Crippen LogP) is 4.99. The summed E-state index contributed by atoms with van der Waals surface area (Å²) in [7, 11) is 0. The Hall–Kier alpha value is -3.90. The largest absolute Gasteiger partial charge is 0.349 e. The van der Waals surface area contributed by atoms with E-state index < -0.39 is 11.8 Å². The maximum Gasteiger partial charge on any atom is 0.279 e. The van der Waals surface area contributed by atoms with Crippen LogP contribution in [0.25, 0.3) is 0 Å². The van der Waals surface area contributed by atoms with Gasteiger partial charge in [-0.05, 0) is 54.8 Å². The fraction of sp³-hybridized carbons (Fsp3) is 0.115. The Morgan fingerprint density at radius 2 is 1.67 bits per heavy atom. The molecule has 0 spiro atoms. The number of hydrogen-bond donors (Lipinski definition) is 2. The molecule has 3 amide bonds. The molecule has 33 heavy (non-hydrogen) atoms. The Morgan fingerprint density at radius 1 is 0.909 bits per heavy atom. The zero-order valence-electron chi connectivity index (χ0n) is 18.2. The van der Waals surface area contributed by atoms with Gasteiger partial charge in [0.15, 0.2) is 0 Å². The van der Waals surface area contributed by atoms with Crippen LogP contribution in [0.2, 0.25) is 0 Å². The Kier molecular flexibility index (Phi) is 6.29. The predicted molar refractivity (Wildman–Crippen MR) is 129 cm³/mol. The van der Waals surface area contributed by atoms with Crippen molar-refractivity contribution in [3.8, 4) is 0 Å². The van der Waals surface area contributed by atoms with Crippen molar-refractivity contribution in [1.29, 1.82) is 0 Å². The fourth-order valence-corrected chi connectivity index (χ4v) is 3.75. The zero-order chi connectivity index (χ0) is 23.5. The molecule has 7 heteroatoms. The fourth-order valence-electron chi connectivity index (χ4n) is 3.52. The molecule has 0 atom stereocenters. The molecule has 0 unspecified atom stereocenters. The number of hydrogen-bond acceptors (Lipinski definition) is 4. The third-order valence-electron chi connectivity index (χ3n) is 5.33. The van der Waals surface area contributed by atoms with Gasteiger partial charge in [0.1, 0.15) is 10.7 Å². The molecule has 3 aromatic rings. The summed E-state index contributed by atoms with van der Waals surface area (Å²) in [6.45, 7) is 3.90. The highest BCUT2D eigenvalue weighted by Crippen LogP contribution is 2.29. The van der Waals surface area contributed by atoms with Crippen LogP contribution in [0.3, 0.4) is 0 Å². The summed E-state index contributed by atoms with van der Waals surface area (Å²) >= 11 is 6.24. The van der Waals surface area contributed by atoms with Gasteiger partial charge in [0.05, 0.1) is 6.54 Å². The van der Waals surface area contributed by atoms with Crippen LogP contribution in [-0.2, 0) is 16.1 Å². The van der Waals surface area contributed by atoms with Crippen molar-refractivity contribution in [2.45, 2.75) is 20.4 Å². The smallest absolute Gasteiger partial charge is 0.279 e. The monoisotopic (exact) mass is 459 g/mol. The molecule has 0 aliphatic carbocycles. The Morgan fingerprint density at radius 3 is 2.39 bits per heavy atom. The molecule has 0 saturated carbocycles. The van der Waals surface area contributed by atoms with Crippen LogP contribution in [0, 0.1) is 13.8 Å². The normalized spacial score (nSPS) is 13.5. The number of rotatable bonds is 6. The van der Waals surface area contributed by atoms with E-state index in [0.717, 1.165) is 21.6 Å². The van der Waals surface area contributed by atoms with Crippen molar-refractivity contribution >= 4 is 40.7 Å². The van der Waals surface area contributed by atoms with E-state index in [2.05, 4.69) is 10.6 Å². The van der Waals surface area contributed by atoms with Crippen LogP contribution in [0.4, 0.5) is 11.4 Å². The summed E-state index contributed by atoms with van der Waals surface area (Å²) in [5, 5.41) is 5.67. The molecular weight excluding hydrogens is 438 g/mol. The van der Waals surface area contributed by atoms with E-state index in [1.165, 1.54) is 0 Å². The van der Waals surface area contributed by atoms with Gasteiger partial charge in [-0.3, -0.25) is 19.3 Å². The van der Waals surface area contributed by atoms with Crippen LogP contribution >= 0.6 is 11.6 Å². The molecule has 2 N–H and O–H groups in total. The quantitative estimate of drug-likeness (QED) is 0.509. The lowest BCUT2D eigenvalue weighted by Crippen LogP contribution is -2.31. The maximum absolute atomic E-state index is 13.0. The summed E-state index contributed by atoms with van der Waals surface area (Å²) in [5.41, 5.74) is 4.25. The molecule has 6 nitrogen and oxygen atoms in total. The highest BCUT2D eigenvalue weighted by Gasteiger charge is 2.38. The minimum Gasteiger partial charge on any atom is -0.349 e. The molecule has 1 heterocycles. The lowest BCUT2D eigenvalue weighted by Gasteiger charge is -2.16. The summed E-state index contributed by atoms with van der Waals surface area (Å²) in [4.78, 5) is 39.4. The minimum absolute atomic E-state index is 0.00283. The first-order chi connectivity index (χ1) is 15.8. The van der Waals surface area contributed by atoms with Gasteiger partial charge in [0.2, 0.25) is 0 Å². The second kappa shape index (κ2) is 9.30. The van der Waals surface area contributed by atoms with Crippen molar-refractivity contribution in [3.63, 3.8) is 0 Å². The second-order valence-electron chi connectivity index (χ2n) is 7.85. The van der Waals surface area contributed by atoms with E-state index in [9.17, 15) is 14.4 Å². The van der Waals surface area contributed by atoms with Crippen LogP contribution < -0.4 is 10.6 Å². The second-order valence-corrected chi connectivity index (χ2v) is 8.23. The molecule has 0 saturated heterocycles. The number of halogens is 1. The molecule has 0 aromatic heterocycles. The molecule has 4 rings (SSSR count). The number of amides is 3. The third kappa shape index (κ3) is 4.81. The third-order valence-corrected chi connectivity index (χ3v) is 5.68. The standard InChI is InChI=1S/C26H22ClN3O3/c1-16-7-6-10-20(13-16)28-24(31)19-12-11-17(2)21(14-19)29-23-22(27)25(32)30(26(23)33)15-18-8-4-3-5-9-18/h3-14,29H,15H2,1-2H3,(H,28,31). The summed E-state index contributed by atoms with van der Waals surface area (Å²) in [6, 6.07) is 21.8. The summed E-state index contributed by atoms with van der Waals surface area (Å²) < 4.78 is 0. The van der Waals surface area contributed by atoms with Gasteiger partial charge in [-0.1, -0.05) is 60.1 Å². The maximum atomic E-state index is 13.0. The first-order valence-corrected chi connectivity index (χ1v) is 10.8. The van der Waals surface area contributed by atoms with Crippen molar-refractivity contribution in [2.75, 3.05) is 10.6 Å². The highest BCUT2D eigenvalue weighted by molar-refractivity contribution is 6.48. The number of benzene rings is 3. The molecule has 166 valence electrons. The Bertz CT molecular complexity index is 1280. The van der Waals surface area contributed by atoms with Crippen molar-refractivity contribution in [1.82, 2.24) is 4.90 Å². The van der Waals surface area contributed by atoms with Crippen LogP contribution in [0.1, 0.15) is 27.0 Å². The summed E-state index contributed by atoms with van der Waals surface area (Å²) in [5.74, 6) is -1.36. The van der Waals surface area contributed by atoms with Crippen molar-refractivity contribution < 1.29 is 14.4 Å². The minimum atomic E-state index is -0.556. The van der Waals surface area contributed by atoms with E-state index in [1.807, 2.05) is 68.4 Å². The average Bonchev–Trinajstić information content (AvgIpc) is 2.99. The highest BCUT2D eigenvalue weighted by atomic mass is 35.5. The zero-order valence-corrected chi connectivity index (χ0v) is 18.9. The number of nitrogens with one attached hydrogen (secondary N) is 2. The van der Waals surface area contributed by atoms with Crippen molar-refractivity contribution in [2.24, 2.45) is 0 Å². The molecule has 3 aromatic carbocycles. The van der Waals surface area contributed by atoms with Gasteiger partial charge in [-0.25, -0.2) is 0 Å². The number of imide groups is 1. The summed E-state index contributed by atoms with van der Waals surface area (Å²) in [6.07, 6.45) is 0. The molecular formula is C26H22ClN3O3. The topological polar surface area (TPSA) is 78.5 Å². The average molecular weight is 460 g/mol. The van der Waals surface area contributed by atoms with E-state index in [0.29, 0.717) is 16.9 Å². The van der Waals surface area contributed by atoms with Gasteiger partial charge in [0.25, 0.3) is 17.7 Å². The number of aryl methyl sites for hydroxylation is 2. The van der Waals surface area contributed by atoms with E-state index in [1.54, 1.807) is 18.2 Å². The Balaban J connectivity index is 1.54.